The molecule has 0 unspecified atom stereocenters. The van der Waals surface area contributed by atoms with Gasteiger partial charge in [0.2, 0.25) is 0 Å². The summed E-state index contributed by atoms with van der Waals surface area (Å²) in [6.45, 7) is 3.68. The van der Waals surface area contributed by atoms with Crippen molar-refractivity contribution in [1.82, 2.24) is 0 Å². The van der Waals surface area contributed by atoms with Crippen LogP contribution in [0.1, 0.15) is 29.3 Å². The Morgan fingerprint density at radius 1 is 1.50 bits per heavy atom. The van der Waals surface area contributed by atoms with Gasteiger partial charge in [0.05, 0.1) is 5.56 Å². The molecule has 0 atom stereocenters. The maximum Gasteiger partial charge on any atom is 0.166 e. The molecule has 0 spiro atoms. The van der Waals surface area contributed by atoms with Gasteiger partial charge in [0, 0.05) is 6.42 Å². The molecule has 0 aliphatic rings. The summed E-state index contributed by atoms with van der Waals surface area (Å²) in [5.41, 5.74) is 1.42. The number of hydrogen-bond donors (Lipinski definition) is 1. The first kappa shape index (κ1) is 8.78. The average Bonchev–Trinajstić information content (AvgIpc) is 2.08. The predicted molar refractivity (Wildman–Crippen MR) is 47.5 cm³/mol. The minimum Gasteiger partial charge on any atom is -0.507 e. The van der Waals surface area contributed by atoms with E-state index in [9.17, 15) is 9.90 Å². The minimum absolute atomic E-state index is 0.0174. The molecule has 0 heterocycles. The third kappa shape index (κ3) is 1.64. The smallest absolute Gasteiger partial charge is 0.166 e. The SMILES string of the molecule is CCC(=O)c1cc(C)ccc1O. The summed E-state index contributed by atoms with van der Waals surface area (Å²) in [6.07, 6.45) is 0.428. The third-order valence-electron chi connectivity index (χ3n) is 1.77. The number of aryl methyl sites for hydroxylation is 1. The summed E-state index contributed by atoms with van der Waals surface area (Å²) >= 11 is 0. The number of Topliss-reactive ketones (excluding diaryl/α,β-unsaturated/α-hetero) is 1. The van der Waals surface area contributed by atoms with Gasteiger partial charge >= 0.3 is 0 Å². The first-order valence-corrected chi connectivity index (χ1v) is 3.98. The van der Waals surface area contributed by atoms with Crippen molar-refractivity contribution in [2.24, 2.45) is 0 Å². The van der Waals surface area contributed by atoms with Crippen LogP contribution < -0.4 is 0 Å². The Bertz CT molecular complexity index is 303. The van der Waals surface area contributed by atoms with Gasteiger partial charge in [-0.05, 0) is 19.1 Å². The zero-order valence-corrected chi connectivity index (χ0v) is 7.29. The van der Waals surface area contributed by atoms with Crippen LogP contribution in [-0.2, 0) is 0 Å². The van der Waals surface area contributed by atoms with Crippen LogP contribution >= 0.6 is 0 Å². The van der Waals surface area contributed by atoms with Crippen LogP contribution in [0, 0.1) is 6.92 Å². The van der Waals surface area contributed by atoms with Crippen LogP contribution in [0.5, 0.6) is 5.75 Å². The molecular formula is C10H12O2. The van der Waals surface area contributed by atoms with E-state index in [4.69, 9.17) is 0 Å². The Balaban J connectivity index is 3.13. The molecule has 0 saturated heterocycles. The maximum absolute atomic E-state index is 11.2. The summed E-state index contributed by atoms with van der Waals surface area (Å²) in [5.74, 6) is 0.0589. The van der Waals surface area contributed by atoms with Crippen LogP contribution in [0.3, 0.4) is 0 Å². The highest BCUT2D eigenvalue weighted by atomic mass is 16.3. The molecule has 0 saturated carbocycles. The van der Waals surface area contributed by atoms with Crippen LogP contribution in [0.25, 0.3) is 0 Å². The van der Waals surface area contributed by atoms with Gasteiger partial charge in [-0.2, -0.15) is 0 Å². The summed E-state index contributed by atoms with van der Waals surface area (Å²) in [5, 5.41) is 9.32. The number of ketones is 1. The number of carbonyl (C=O) groups excluding carboxylic acids is 1. The monoisotopic (exact) mass is 164 g/mol. The Hall–Kier alpha value is -1.31. The van der Waals surface area contributed by atoms with Gasteiger partial charge in [-0.25, -0.2) is 0 Å². The van der Waals surface area contributed by atoms with Gasteiger partial charge < -0.3 is 5.11 Å². The normalized spacial score (nSPS) is 9.83. The van der Waals surface area contributed by atoms with Crippen molar-refractivity contribution in [3.05, 3.63) is 29.3 Å². The molecule has 1 N–H and O–H groups in total. The average molecular weight is 164 g/mol. The van der Waals surface area contributed by atoms with Gasteiger partial charge in [-0.1, -0.05) is 18.6 Å². The standard InChI is InChI=1S/C10H12O2/c1-3-9(11)8-6-7(2)4-5-10(8)12/h4-6,12H,3H2,1-2H3. The molecule has 0 bridgehead atoms. The van der Waals surface area contributed by atoms with Crippen LogP contribution in [0.4, 0.5) is 0 Å². The molecule has 64 valence electrons. The zero-order chi connectivity index (χ0) is 9.14. The van der Waals surface area contributed by atoms with Crippen LogP contribution in [-0.4, -0.2) is 10.9 Å². The van der Waals surface area contributed by atoms with Gasteiger partial charge in [0.25, 0.3) is 0 Å². The molecule has 0 amide bonds. The van der Waals surface area contributed by atoms with Crippen molar-refractivity contribution in [3.63, 3.8) is 0 Å². The van der Waals surface area contributed by atoms with Gasteiger partial charge in [0.15, 0.2) is 5.78 Å². The summed E-state index contributed by atoms with van der Waals surface area (Å²) in [6, 6.07) is 5.04. The number of rotatable bonds is 2. The number of hydrogen-bond acceptors (Lipinski definition) is 2. The quantitative estimate of drug-likeness (QED) is 0.681. The molecule has 12 heavy (non-hydrogen) atoms. The molecule has 2 nitrogen and oxygen atoms in total. The lowest BCUT2D eigenvalue weighted by Crippen LogP contribution is -1.97. The van der Waals surface area contributed by atoms with E-state index in [1.54, 1.807) is 25.1 Å². The number of aromatic hydroxyl groups is 1. The number of phenolic OH excluding ortho intramolecular Hbond substituents is 1. The molecule has 0 fully saturated rings. The topological polar surface area (TPSA) is 37.3 Å². The fraction of sp³-hybridized carbons (Fsp3) is 0.300. The van der Waals surface area contributed by atoms with Crippen molar-refractivity contribution < 1.29 is 9.90 Å². The van der Waals surface area contributed by atoms with Gasteiger partial charge in [0.1, 0.15) is 5.75 Å². The second kappa shape index (κ2) is 3.39. The van der Waals surface area contributed by atoms with E-state index in [1.165, 1.54) is 0 Å². The minimum atomic E-state index is -0.0174. The first-order chi connectivity index (χ1) is 5.65. The van der Waals surface area contributed by atoms with Crippen LogP contribution in [0.2, 0.25) is 0 Å². The molecule has 0 aliphatic carbocycles. The van der Waals surface area contributed by atoms with Crippen molar-refractivity contribution in [2.45, 2.75) is 20.3 Å². The maximum atomic E-state index is 11.2. The van der Waals surface area contributed by atoms with E-state index < -0.39 is 0 Å². The molecule has 1 aromatic carbocycles. The number of carbonyl (C=O) groups is 1. The van der Waals surface area contributed by atoms with E-state index in [-0.39, 0.29) is 11.5 Å². The van der Waals surface area contributed by atoms with E-state index in [0.29, 0.717) is 12.0 Å². The van der Waals surface area contributed by atoms with Gasteiger partial charge in [-0.15, -0.1) is 0 Å². The lowest BCUT2D eigenvalue weighted by molar-refractivity contribution is 0.0985. The Kier molecular flexibility index (Phi) is 2.48. The fourth-order valence-electron chi connectivity index (χ4n) is 1.06. The van der Waals surface area contributed by atoms with E-state index in [1.807, 2.05) is 6.92 Å². The highest BCUT2D eigenvalue weighted by Crippen LogP contribution is 2.19. The lowest BCUT2D eigenvalue weighted by atomic mass is 10.1. The molecule has 0 aliphatic heterocycles. The van der Waals surface area contributed by atoms with Crippen molar-refractivity contribution >= 4 is 5.78 Å². The predicted octanol–water partition coefficient (Wildman–Crippen LogP) is 2.29. The Labute approximate surface area is 71.8 Å². The largest absolute Gasteiger partial charge is 0.507 e. The highest BCUT2D eigenvalue weighted by molar-refractivity contribution is 5.98. The second-order valence-corrected chi connectivity index (χ2v) is 2.80. The number of phenols is 1. The lowest BCUT2D eigenvalue weighted by Gasteiger charge is -2.02. The Morgan fingerprint density at radius 3 is 2.75 bits per heavy atom. The number of benzene rings is 1. The van der Waals surface area contributed by atoms with Crippen molar-refractivity contribution in [3.8, 4) is 5.75 Å². The third-order valence-corrected chi connectivity index (χ3v) is 1.77. The summed E-state index contributed by atoms with van der Waals surface area (Å²) in [4.78, 5) is 11.2. The fourth-order valence-corrected chi connectivity index (χ4v) is 1.06. The molecule has 1 aromatic rings. The molecule has 0 radical (unpaired) electrons. The molecule has 2 heteroatoms. The molecule has 0 aromatic heterocycles. The summed E-state index contributed by atoms with van der Waals surface area (Å²) in [7, 11) is 0. The van der Waals surface area contributed by atoms with Crippen molar-refractivity contribution in [1.29, 1.82) is 0 Å². The van der Waals surface area contributed by atoms with E-state index in [0.717, 1.165) is 5.56 Å². The summed E-state index contributed by atoms with van der Waals surface area (Å²) < 4.78 is 0. The van der Waals surface area contributed by atoms with Crippen molar-refractivity contribution in [2.75, 3.05) is 0 Å². The van der Waals surface area contributed by atoms with E-state index >= 15 is 0 Å². The Morgan fingerprint density at radius 2 is 2.17 bits per heavy atom. The van der Waals surface area contributed by atoms with E-state index in [2.05, 4.69) is 0 Å². The van der Waals surface area contributed by atoms with Gasteiger partial charge in [-0.3, -0.25) is 4.79 Å². The first-order valence-electron chi connectivity index (χ1n) is 3.98. The zero-order valence-electron chi connectivity index (χ0n) is 7.29. The molecule has 1 rings (SSSR count). The second-order valence-electron chi connectivity index (χ2n) is 2.80. The molecular weight excluding hydrogens is 152 g/mol. The van der Waals surface area contributed by atoms with Crippen LogP contribution in [0.15, 0.2) is 18.2 Å². The highest BCUT2D eigenvalue weighted by Gasteiger charge is 2.07.